The summed E-state index contributed by atoms with van der Waals surface area (Å²) < 4.78 is 0. The molecule has 0 radical (unpaired) electrons. The Kier molecular flexibility index (Phi) is 7.66. The molecular weight excluding hydrogens is 132 g/mol. The van der Waals surface area contributed by atoms with E-state index in [1.165, 1.54) is 32.1 Å². The maximum Gasteiger partial charge on any atom is -0.0351 e. The van der Waals surface area contributed by atoms with Gasteiger partial charge in [-0.25, -0.2) is 0 Å². The Morgan fingerprint density at radius 1 is 1.09 bits per heavy atom. The van der Waals surface area contributed by atoms with Gasteiger partial charge >= 0.3 is 0 Å². The van der Waals surface area contributed by atoms with Gasteiger partial charge in [0.2, 0.25) is 0 Å². The molecule has 0 saturated carbocycles. The van der Waals surface area contributed by atoms with Gasteiger partial charge in [-0.15, -0.1) is 0 Å². The lowest BCUT2D eigenvalue weighted by Gasteiger charge is -2.00. The Hall–Kier alpha value is -0.260. The van der Waals surface area contributed by atoms with E-state index in [4.69, 9.17) is 0 Å². The minimum Gasteiger partial charge on any atom is -0.0885 e. The van der Waals surface area contributed by atoms with Gasteiger partial charge in [-0.1, -0.05) is 45.8 Å². The third-order valence-electron chi connectivity index (χ3n) is 1.77. The SMILES string of the molecule is CCC/C=C\CCCC(C)C. The molecule has 0 bridgehead atoms. The molecule has 0 aromatic heterocycles. The molecular formula is C11H22. The fourth-order valence-corrected chi connectivity index (χ4v) is 1.05. The highest BCUT2D eigenvalue weighted by Crippen LogP contribution is 2.06. The second-order valence-electron chi connectivity index (χ2n) is 3.58. The van der Waals surface area contributed by atoms with Gasteiger partial charge in [0, 0.05) is 0 Å². The van der Waals surface area contributed by atoms with Crippen LogP contribution < -0.4 is 0 Å². The van der Waals surface area contributed by atoms with Crippen molar-refractivity contribution in [2.75, 3.05) is 0 Å². The summed E-state index contributed by atoms with van der Waals surface area (Å²) in [6.45, 7) is 6.80. The number of rotatable bonds is 6. The Morgan fingerprint density at radius 2 is 1.73 bits per heavy atom. The second kappa shape index (κ2) is 7.84. The van der Waals surface area contributed by atoms with Crippen molar-refractivity contribution in [2.45, 2.75) is 52.9 Å². The summed E-state index contributed by atoms with van der Waals surface area (Å²) in [5, 5.41) is 0. The lowest BCUT2D eigenvalue weighted by atomic mass is 10.1. The standard InChI is InChI=1S/C11H22/c1-4-5-6-7-8-9-10-11(2)3/h6-7,11H,4-5,8-10H2,1-3H3/b7-6-. The largest absolute Gasteiger partial charge is 0.0885 e. The maximum absolute atomic E-state index is 2.33. The quantitative estimate of drug-likeness (QED) is 0.398. The number of allylic oxidation sites excluding steroid dienone is 2. The van der Waals surface area contributed by atoms with Crippen LogP contribution >= 0.6 is 0 Å². The minimum atomic E-state index is 0.870. The normalized spacial score (nSPS) is 11.6. The minimum absolute atomic E-state index is 0.870. The molecule has 0 N–H and O–H groups in total. The average molecular weight is 154 g/mol. The molecule has 0 aromatic carbocycles. The summed E-state index contributed by atoms with van der Waals surface area (Å²) in [6, 6.07) is 0. The van der Waals surface area contributed by atoms with Gasteiger partial charge < -0.3 is 0 Å². The van der Waals surface area contributed by atoms with Crippen molar-refractivity contribution in [2.24, 2.45) is 5.92 Å². The van der Waals surface area contributed by atoms with Crippen LogP contribution in [-0.2, 0) is 0 Å². The van der Waals surface area contributed by atoms with E-state index in [-0.39, 0.29) is 0 Å². The van der Waals surface area contributed by atoms with Gasteiger partial charge in [0.15, 0.2) is 0 Å². The van der Waals surface area contributed by atoms with E-state index in [9.17, 15) is 0 Å². The van der Waals surface area contributed by atoms with E-state index in [1.807, 2.05) is 0 Å². The predicted molar refractivity (Wildman–Crippen MR) is 52.7 cm³/mol. The summed E-state index contributed by atoms with van der Waals surface area (Å²) in [5.41, 5.74) is 0. The van der Waals surface area contributed by atoms with E-state index in [1.54, 1.807) is 0 Å². The lowest BCUT2D eigenvalue weighted by molar-refractivity contribution is 0.559. The van der Waals surface area contributed by atoms with Gasteiger partial charge in [0.05, 0.1) is 0 Å². The van der Waals surface area contributed by atoms with Crippen LogP contribution in [0.2, 0.25) is 0 Å². The first-order valence-corrected chi connectivity index (χ1v) is 4.92. The van der Waals surface area contributed by atoms with Crippen molar-refractivity contribution in [1.29, 1.82) is 0 Å². The van der Waals surface area contributed by atoms with Crippen LogP contribution in [0.3, 0.4) is 0 Å². The number of unbranched alkanes of at least 4 members (excludes halogenated alkanes) is 2. The average Bonchev–Trinajstić information content (AvgIpc) is 1.96. The molecule has 0 aliphatic carbocycles. The Balaban J connectivity index is 3.01. The van der Waals surface area contributed by atoms with E-state index >= 15 is 0 Å². The summed E-state index contributed by atoms with van der Waals surface area (Å²) in [6.07, 6.45) is 11.2. The molecule has 0 atom stereocenters. The summed E-state index contributed by atoms with van der Waals surface area (Å²) in [5.74, 6) is 0.870. The number of hydrogen-bond acceptors (Lipinski definition) is 0. The molecule has 0 heterocycles. The molecule has 0 rings (SSSR count). The van der Waals surface area contributed by atoms with Gasteiger partial charge in [-0.3, -0.25) is 0 Å². The zero-order valence-electron chi connectivity index (χ0n) is 8.27. The molecule has 0 nitrogen and oxygen atoms in total. The summed E-state index contributed by atoms with van der Waals surface area (Å²) >= 11 is 0. The van der Waals surface area contributed by atoms with E-state index in [0.29, 0.717) is 0 Å². The van der Waals surface area contributed by atoms with Gasteiger partial charge in [0.25, 0.3) is 0 Å². The van der Waals surface area contributed by atoms with Crippen LogP contribution in [0, 0.1) is 5.92 Å². The first-order valence-electron chi connectivity index (χ1n) is 4.92. The Labute approximate surface area is 71.7 Å². The Bertz CT molecular complexity index is 90.2. The molecule has 0 fully saturated rings. The van der Waals surface area contributed by atoms with Crippen LogP contribution in [0.25, 0.3) is 0 Å². The highest BCUT2D eigenvalue weighted by Gasteiger charge is 1.90. The van der Waals surface area contributed by atoms with Crippen LogP contribution in [0.15, 0.2) is 12.2 Å². The van der Waals surface area contributed by atoms with E-state index in [2.05, 4.69) is 32.9 Å². The molecule has 66 valence electrons. The lowest BCUT2D eigenvalue weighted by Crippen LogP contribution is -1.84. The summed E-state index contributed by atoms with van der Waals surface area (Å²) in [7, 11) is 0. The van der Waals surface area contributed by atoms with Crippen LogP contribution in [0.5, 0.6) is 0 Å². The number of hydrogen-bond donors (Lipinski definition) is 0. The molecule has 0 aliphatic heterocycles. The highest BCUT2D eigenvalue weighted by atomic mass is 14.0. The van der Waals surface area contributed by atoms with Crippen LogP contribution in [0.1, 0.15) is 52.9 Å². The van der Waals surface area contributed by atoms with Gasteiger partial charge in [-0.05, 0) is 25.2 Å². The van der Waals surface area contributed by atoms with Crippen molar-refractivity contribution >= 4 is 0 Å². The van der Waals surface area contributed by atoms with E-state index < -0.39 is 0 Å². The topological polar surface area (TPSA) is 0 Å². The van der Waals surface area contributed by atoms with Crippen molar-refractivity contribution in [3.63, 3.8) is 0 Å². The highest BCUT2D eigenvalue weighted by molar-refractivity contribution is 4.80. The van der Waals surface area contributed by atoms with Crippen molar-refractivity contribution in [1.82, 2.24) is 0 Å². The van der Waals surface area contributed by atoms with Crippen molar-refractivity contribution in [3.8, 4) is 0 Å². The monoisotopic (exact) mass is 154 g/mol. The first kappa shape index (κ1) is 10.7. The fourth-order valence-electron chi connectivity index (χ4n) is 1.05. The molecule has 0 aromatic rings. The third-order valence-corrected chi connectivity index (χ3v) is 1.77. The molecule has 0 heteroatoms. The zero-order valence-corrected chi connectivity index (χ0v) is 8.27. The molecule has 0 aliphatic rings. The van der Waals surface area contributed by atoms with Gasteiger partial charge in [-0.2, -0.15) is 0 Å². The van der Waals surface area contributed by atoms with Crippen LogP contribution in [-0.4, -0.2) is 0 Å². The third kappa shape index (κ3) is 9.74. The zero-order chi connectivity index (χ0) is 8.53. The van der Waals surface area contributed by atoms with E-state index in [0.717, 1.165) is 5.92 Å². The fraction of sp³-hybridized carbons (Fsp3) is 0.818. The van der Waals surface area contributed by atoms with Crippen molar-refractivity contribution < 1.29 is 0 Å². The smallest absolute Gasteiger partial charge is 0.0351 e. The molecule has 0 spiro atoms. The Morgan fingerprint density at radius 3 is 2.27 bits per heavy atom. The second-order valence-corrected chi connectivity index (χ2v) is 3.58. The summed E-state index contributed by atoms with van der Waals surface area (Å²) in [4.78, 5) is 0. The first-order chi connectivity index (χ1) is 5.27. The molecule has 0 saturated heterocycles. The maximum atomic E-state index is 2.33. The predicted octanol–water partition coefficient (Wildman–Crippen LogP) is 4.17. The van der Waals surface area contributed by atoms with Gasteiger partial charge in [0.1, 0.15) is 0 Å². The van der Waals surface area contributed by atoms with Crippen molar-refractivity contribution in [3.05, 3.63) is 12.2 Å². The molecule has 0 unspecified atom stereocenters. The molecule has 11 heavy (non-hydrogen) atoms. The molecule has 0 amide bonds. The van der Waals surface area contributed by atoms with Crippen LogP contribution in [0.4, 0.5) is 0 Å².